The average Bonchev–Trinajstić information content (AvgIpc) is 3.06. The lowest BCUT2D eigenvalue weighted by Crippen LogP contribution is -2.33. The van der Waals surface area contributed by atoms with Crippen molar-refractivity contribution in [2.75, 3.05) is 5.32 Å². The highest BCUT2D eigenvalue weighted by atomic mass is 16.2. The number of nitrogens with zero attached hydrogens (tertiary/aromatic N) is 4. The van der Waals surface area contributed by atoms with E-state index in [1.54, 1.807) is 18.5 Å². The molecular weight excluding hydrogens is 378 g/mol. The van der Waals surface area contributed by atoms with Gasteiger partial charge in [-0.3, -0.25) is 14.2 Å². The van der Waals surface area contributed by atoms with Crippen molar-refractivity contribution in [2.45, 2.75) is 34.2 Å². The molecule has 2 heterocycles. The van der Waals surface area contributed by atoms with Gasteiger partial charge in [-0.15, -0.1) is 0 Å². The van der Waals surface area contributed by atoms with E-state index in [2.05, 4.69) is 15.4 Å². The van der Waals surface area contributed by atoms with Crippen LogP contribution < -0.4 is 10.9 Å². The summed E-state index contributed by atoms with van der Waals surface area (Å²) in [5.41, 5.74) is 3.23. The van der Waals surface area contributed by atoms with Crippen LogP contribution in [0.3, 0.4) is 0 Å². The van der Waals surface area contributed by atoms with Gasteiger partial charge in [0.1, 0.15) is 6.54 Å². The largest absolute Gasteiger partial charge is 0.324 e. The second-order valence-electron chi connectivity index (χ2n) is 7.43. The first-order valence-corrected chi connectivity index (χ1v) is 9.74. The van der Waals surface area contributed by atoms with Gasteiger partial charge >= 0.3 is 0 Å². The van der Waals surface area contributed by atoms with E-state index >= 15 is 0 Å². The van der Waals surface area contributed by atoms with Crippen molar-refractivity contribution in [1.29, 1.82) is 0 Å². The van der Waals surface area contributed by atoms with Crippen LogP contribution in [0, 0.1) is 27.7 Å². The number of benzene rings is 2. The van der Waals surface area contributed by atoms with Crippen molar-refractivity contribution in [1.82, 2.24) is 19.3 Å². The zero-order chi connectivity index (χ0) is 21.4. The van der Waals surface area contributed by atoms with Gasteiger partial charge in [0.25, 0.3) is 5.56 Å². The van der Waals surface area contributed by atoms with E-state index in [1.165, 1.54) is 4.57 Å². The second kappa shape index (κ2) is 7.59. The maximum Gasteiger partial charge on any atom is 0.258 e. The number of amides is 1. The molecule has 0 aliphatic rings. The minimum absolute atomic E-state index is 0.163. The quantitative estimate of drug-likeness (QED) is 0.568. The molecule has 0 atom stereocenters. The summed E-state index contributed by atoms with van der Waals surface area (Å²) in [5, 5.41) is 9.36. The number of hydrogen-bond donors (Lipinski definition) is 1. The first-order chi connectivity index (χ1) is 14.3. The molecule has 0 aliphatic heterocycles. The van der Waals surface area contributed by atoms with Gasteiger partial charge in [-0.1, -0.05) is 36.4 Å². The molecule has 7 heteroatoms. The highest BCUT2D eigenvalue weighted by Crippen LogP contribution is 2.23. The molecule has 1 amide bonds. The normalized spacial score (nSPS) is 11.1. The van der Waals surface area contributed by atoms with Crippen LogP contribution in [0.15, 0.2) is 53.3 Å². The molecule has 2 aromatic carbocycles. The number of carbonyl (C=O) groups is 1. The Morgan fingerprint density at radius 2 is 1.77 bits per heavy atom. The zero-order valence-electron chi connectivity index (χ0n) is 17.4. The van der Waals surface area contributed by atoms with Gasteiger partial charge in [-0.2, -0.15) is 5.10 Å². The lowest BCUT2D eigenvalue weighted by Gasteiger charge is -2.15. The van der Waals surface area contributed by atoms with Crippen molar-refractivity contribution in [3.8, 4) is 5.95 Å². The van der Waals surface area contributed by atoms with Crippen LogP contribution in [-0.2, 0) is 11.3 Å². The van der Waals surface area contributed by atoms with Gasteiger partial charge in [-0.05, 0) is 45.2 Å². The predicted molar refractivity (Wildman–Crippen MR) is 117 cm³/mol. The van der Waals surface area contributed by atoms with E-state index in [9.17, 15) is 9.59 Å². The fraction of sp³-hybridized carbons (Fsp3) is 0.217. The molecule has 0 spiro atoms. The molecule has 4 rings (SSSR count). The zero-order valence-corrected chi connectivity index (χ0v) is 17.4. The minimum Gasteiger partial charge on any atom is -0.324 e. The summed E-state index contributed by atoms with van der Waals surface area (Å²) in [6, 6.07) is 15.5. The smallest absolute Gasteiger partial charge is 0.258 e. The number of hydrogen-bond acceptors (Lipinski definition) is 4. The van der Waals surface area contributed by atoms with Gasteiger partial charge in [0.2, 0.25) is 11.9 Å². The fourth-order valence-electron chi connectivity index (χ4n) is 3.55. The third kappa shape index (κ3) is 3.50. The molecule has 7 nitrogen and oxygen atoms in total. The van der Waals surface area contributed by atoms with Gasteiger partial charge < -0.3 is 5.32 Å². The third-order valence-electron chi connectivity index (χ3n) is 5.18. The van der Waals surface area contributed by atoms with Gasteiger partial charge in [-0.25, -0.2) is 9.67 Å². The molecule has 0 aliphatic carbocycles. The van der Waals surface area contributed by atoms with E-state index in [-0.39, 0.29) is 18.0 Å². The van der Waals surface area contributed by atoms with Gasteiger partial charge in [0.05, 0.1) is 5.69 Å². The van der Waals surface area contributed by atoms with Crippen LogP contribution in [0.2, 0.25) is 0 Å². The number of anilines is 1. The Bertz CT molecular complexity index is 1330. The number of nitrogens with one attached hydrogen (secondary N) is 1. The molecular formula is C23H23N5O2. The van der Waals surface area contributed by atoms with Crippen LogP contribution in [0.4, 0.5) is 5.69 Å². The Kier molecular flexibility index (Phi) is 4.95. The Hall–Kier alpha value is -3.74. The number of aromatic nitrogens is 4. The molecule has 0 unspecified atom stereocenters. The van der Waals surface area contributed by atoms with E-state index in [4.69, 9.17) is 0 Å². The molecule has 0 radical (unpaired) electrons. The average molecular weight is 401 g/mol. The van der Waals surface area contributed by atoms with Crippen molar-refractivity contribution in [3.63, 3.8) is 0 Å². The molecule has 30 heavy (non-hydrogen) atoms. The van der Waals surface area contributed by atoms with Crippen LogP contribution >= 0.6 is 0 Å². The summed E-state index contributed by atoms with van der Waals surface area (Å²) >= 11 is 0. The summed E-state index contributed by atoms with van der Waals surface area (Å²) in [6.45, 7) is 7.10. The number of rotatable bonds is 4. The number of aryl methyl sites for hydroxylation is 3. The minimum atomic E-state index is -0.304. The Morgan fingerprint density at radius 3 is 2.50 bits per heavy atom. The van der Waals surface area contributed by atoms with Crippen molar-refractivity contribution in [3.05, 3.63) is 81.5 Å². The Labute approximate surface area is 174 Å². The highest BCUT2D eigenvalue weighted by Gasteiger charge is 2.18. The van der Waals surface area contributed by atoms with E-state index in [0.717, 1.165) is 22.2 Å². The second-order valence-corrected chi connectivity index (χ2v) is 7.43. The Morgan fingerprint density at radius 1 is 1.03 bits per heavy atom. The molecule has 2 aromatic heterocycles. The molecule has 4 aromatic rings. The maximum absolute atomic E-state index is 13.0. The van der Waals surface area contributed by atoms with Crippen molar-refractivity contribution >= 4 is 22.4 Å². The van der Waals surface area contributed by atoms with Crippen LogP contribution in [0.5, 0.6) is 0 Å². The topological polar surface area (TPSA) is 81.8 Å². The Balaban J connectivity index is 1.73. The standard InChI is InChI=1S/C23H23N5O2/c1-14-12-15(2)28(26-14)23-24-17(4)16(3)22(30)27(23)13-21(29)25-20-11-7-9-18-8-5-6-10-19(18)20/h5-12H,13H2,1-4H3,(H,25,29). The SMILES string of the molecule is Cc1cc(C)n(-c2nc(C)c(C)c(=O)n2CC(=O)Nc2cccc3ccccc23)n1. The number of carbonyl (C=O) groups excluding carboxylic acids is 1. The summed E-state index contributed by atoms with van der Waals surface area (Å²) < 4.78 is 2.98. The van der Waals surface area contributed by atoms with E-state index in [1.807, 2.05) is 62.4 Å². The third-order valence-corrected chi connectivity index (χ3v) is 5.18. The summed E-state index contributed by atoms with van der Waals surface area (Å²) in [4.78, 5) is 30.5. The first kappa shape index (κ1) is 19.6. The van der Waals surface area contributed by atoms with Crippen molar-refractivity contribution in [2.24, 2.45) is 0 Å². The van der Waals surface area contributed by atoms with Gasteiger partial charge in [0, 0.05) is 28.0 Å². The lowest BCUT2D eigenvalue weighted by molar-refractivity contribution is -0.116. The predicted octanol–water partition coefficient (Wildman–Crippen LogP) is 3.45. The van der Waals surface area contributed by atoms with Crippen LogP contribution in [0.1, 0.15) is 22.6 Å². The molecule has 1 N–H and O–H groups in total. The number of fused-ring (bicyclic) bond motifs is 1. The molecule has 0 bridgehead atoms. The molecule has 152 valence electrons. The highest BCUT2D eigenvalue weighted by molar-refractivity contribution is 6.02. The van der Waals surface area contributed by atoms with E-state index < -0.39 is 0 Å². The fourth-order valence-corrected chi connectivity index (χ4v) is 3.55. The van der Waals surface area contributed by atoms with E-state index in [0.29, 0.717) is 22.9 Å². The molecule has 0 saturated carbocycles. The lowest BCUT2D eigenvalue weighted by atomic mass is 10.1. The van der Waals surface area contributed by atoms with Gasteiger partial charge in [0.15, 0.2) is 0 Å². The van der Waals surface area contributed by atoms with Crippen LogP contribution in [0.25, 0.3) is 16.7 Å². The monoisotopic (exact) mass is 401 g/mol. The summed E-state index contributed by atoms with van der Waals surface area (Å²) in [5.74, 6) is 0.0306. The van der Waals surface area contributed by atoms with Crippen molar-refractivity contribution < 1.29 is 4.79 Å². The first-order valence-electron chi connectivity index (χ1n) is 9.74. The summed E-state index contributed by atoms with van der Waals surface area (Å²) in [7, 11) is 0. The molecule has 0 fully saturated rings. The summed E-state index contributed by atoms with van der Waals surface area (Å²) in [6.07, 6.45) is 0. The molecule has 0 saturated heterocycles. The maximum atomic E-state index is 13.0. The van der Waals surface area contributed by atoms with Crippen LogP contribution in [-0.4, -0.2) is 25.2 Å².